The van der Waals surface area contributed by atoms with E-state index in [0.717, 1.165) is 0 Å². The predicted molar refractivity (Wildman–Crippen MR) is 72.8 cm³/mol. The topological polar surface area (TPSA) is 41.9 Å². The summed E-state index contributed by atoms with van der Waals surface area (Å²) in [6, 6.07) is 0.643. The fourth-order valence-electron chi connectivity index (χ4n) is 2.61. The number of methoxy groups -OCH3 is 1. The summed E-state index contributed by atoms with van der Waals surface area (Å²) in [6.07, 6.45) is 6.19. The summed E-state index contributed by atoms with van der Waals surface area (Å²) in [7, 11) is 3.77. The average molecular weight is 259 g/mol. The third kappa shape index (κ3) is 6.14. The van der Waals surface area contributed by atoms with Crippen LogP contribution in [0.4, 0.5) is 0 Å². The largest absolute Gasteiger partial charge is 0.389 e. The molecule has 0 saturated heterocycles. The van der Waals surface area contributed by atoms with Crippen molar-refractivity contribution in [1.29, 1.82) is 0 Å². The molecule has 0 heterocycles. The molecular formula is C14H29NO3. The summed E-state index contributed by atoms with van der Waals surface area (Å²) < 4.78 is 10.5. The molecular weight excluding hydrogens is 230 g/mol. The van der Waals surface area contributed by atoms with Gasteiger partial charge in [0, 0.05) is 19.7 Å². The standard InChI is InChI=1S/C14H29NO3/c1-12(10-17-3)18-11-14(16)9-15(2)13-7-5-4-6-8-13/h12-14,16H,4-11H2,1-3H3. The van der Waals surface area contributed by atoms with Crippen LogP contribution >= 0.6 is 0 Å². The Labute approximate surface area is 111 Å². The summed E-state index contributed by atoms with van der Waals surface area (Å²) in [5.41, 5.74) is 0. The van der Waals surface area contributed by atoms with Gasteiger partial charge in [0.15, 0.2) is 0 Å². The van der Waals surface area contributed by atoms with Crippen molar-refractivity contribution in [2.24, 2.45) is 0 Å². The van der Waals surface area contributed by atoms with E-state index in [2.05, 4.69) is 11.9 Å². The molecule has 0 radical (unpaired) electrons. The van der Waals surface area contributed by atoms with Crippen molar-refractivity contribution in [2.75, 3.05) is 33.9 Å². The normalized spacial score (nSPS) is 21.2. The van der Waals surface area contributed by atoms with Gasteiger partial charge in [-0.15, -0.1) is 0 Å². The van der Waals surface area contributed by atoms with E-state index in [1.165, 1.54) is 32.1 Å². The molecule has 4 heteroatoms. The summed E-state index contributed by atoms with van der Waals surface area (Å²) in [5, 5.41) is 9.96. The minimum absolute atomic E-state index is 0.0460. The molecule has 1 rings (SSSR count). The van der Waals surface area contributed by atoms with Gasteiger partial charge in [0.25, 0.3) is 0 Å². The number of aliphatic hydroxyl groups is 1. The number of aliphatic hydroxyl groups excluding tert-OH is 1. The molecule has 1 aliphatic rings. The first kappa shape index (κ1) is 15.9. The Hall–Kier alpha value is -0.160. The molecule has 4 nitrogen and oxygen atoms in total. The molecule has 0 spiro atoms. The molecule has 0 bridgehead atoms. The lowest BCUT2D eigenvalue weighted by molar-refractivity contribution is -0.0416. The molecule has 2 unspecified atom stereocenters. The molecule has 0 aromatic rings. The Balaban J connectivity index is 2.15. The Morgan fingerprint density at radius 2 is 1.89 bits per heavy atom. The Bertz CT molecular complexity index is 207. The zero-order chi connectivity index (χ0) is 13.4. The summed E-state index contributed by atoms with van der Waals surface area (Å²) in [5.74, 6) is 0. The van der Waals surface area contributed by atoms with Crippen LogP contribution in [0.1, 0.15) is 39.0 Å². The van der Waals surface area contributed by atoms with Crippen LogP contribution in [-0.4, -0.2) is 62.2 Å². The van der Waals surface area contributed by atoms with E-state index >= 15 is 0 Å². The zero-order valence-corrected chi connectivity index (χ0v) is 12.1. The minimum atomic E-state index is -0.406. The van der Waals surface area contributed by atoms with Gasteiger partial charge in [-0.3, -0.25) is 0 Å². The van der Waals surface area contributed by atoms with Crippen LogP contribution in [-0.2, 0) is 9.47 Å². The van der Waals surface area contributed by atoms with E-state index in [1.807, 2.05) is 6.92 Å². The second-order valence-corrected chi connectivity index (χ2v) is 5.48. The van der Waals surface area contributed by atoms with Crippen molar-refractivity contribution in [3.63, 3.8) is 0 Å². The van der Waals surface area contributed by atoms with Crippen LogP contribution in [0, 0.1) is 0 Å². The Morgan fingerprint density at radius 1 is 1.22 bits per heavy atom. The lowest BCUT2D eigenvalue weighted by Crippen LogP contribution is -2.40. The average Bonchev–Trinajstić information content (AvgIpc) is 2.38. The van der Waals surface area contributed by atoms with Crippen LogP contribution < -0.4 is 0 Å². The Morgan fingerprint density at radius 3 is 2.50 bits per heavy atom. The van der Waals surface area contributed by atoms with Crippen molar-refractivity contribution < 1.29 is 14.6 Å². The molecule has 18 heavy (non-hydrogen) atoms. The van der Waals surface area contributed by atoms with E-state index < -0.39 is 6.10 Å². The van der Waals surface area contributed by atoms with Crippen LogP contribution in [0.15, 0.2) is 0 Å². The third-order valence-electron chi connectivity index (χ3n) is 3.67. The smallest absolute Gasteiger partial charge is 0.0900 e. The first-order valence-electron chi connectivity index (χ1n) is 7.12. The molecule has 1 saturated carbocycles. The molecule has 1 fully saturated rings. The summed E-state index contributed by atoms with van der Waals surface area (Å²) in [6.45, 7) is 3.62. The van der Waals surface area contributed by atoms with Crippen molar-refractivity contribution in [2.45, 2.75) is 57.3 Å². The molecule has 0 aromatic heterocycles. The van der Waals surface area contributed by atoms with Crippen LogP contribution in [0.2, 0.25) is 0 Å². The maximum absolute atomic E-state index is 9.96. The maximum atomic E-state index is 9.96. The second kappa shape index (κ2) is 8.86. The van der Waals surface area contributed by atoms with Crippen molar-refractivity contribution >= 4 is 0 Å². The first-order chi connectivity index (χ1) is 8.63. The fourth-order valence-corrected chi connectivity index (χ4v) is 2.61. The van der Waals surface area contributed by atoms with Gasteiger partial charge >= 0.3 is 0 Å². The molecule has 1 N–H and O–H groups in total. The fraction of sp³-hybridized carbons (Fsp3) is 1.00. The molecule has 2 atom stereocenters. The number of hydrogen-bond acceptors (Lipinski definition) is 4. The molecule has 1 aliphatic carbocycles. The molecule has 0 aliphatic heterocycles. The lowest BCUT2D eigenvalue weighted by Gasteiger charge is -2.32. The van der Waals surface area contributed by atoms with Crippen molar-refractivity contribution in [3.8, 4) is 0 Å². The highest BCUT2D eigenvalue weighted by atomic mass is 16.5. The lowest BCUT2D eigenvalue weighted by atomic mass is 9.94. The van der Waals surface area contributed by atoms with Crippen LogP contribution in [0.3, 0.4) is 0 Å². The zero-order valence-electron chi connectivity index (χ0n) is 12.1. The summed E-state index contributed by atoms with van der Waals surface area (Å²) >= 11 is 0. The number of nitrogens with zero attached hydrogens (tertiary/aromatic N) is 1. The van der Waals surface area contributed by atoms with Gasteiger partial charge in [-0.05, 0) is 26.8 Å². The monoisotopic (exact) mass is 259 g/mol. The van der Waals surface area contributed by atoms with Gasteiger partial charge in [0.2, 0.25) is 0 Å². The number of likely N-dealkylation sites (N-methyl/N-ethyl adjacent to an activating group) is 1. The van der Waals surface area contributed by atoms with E-state index in [4.69, 9.17) is 9.47 Å². The number of ether oxygens (including phenoxy) is 2. The van der Waals surface area contributed by atoms with Crippen molar-refractivity contribution in [3.05, 3.63) is 0 Å². The SMILES string of the molecule is COCC(C)OCC(O)CN(C)C1CCCCC1. The number of rotatable bonds is 8. The number of hydrogen-bond donors (Lipinski definition) is 1. The van der Waals surface area contributed by atoms with Crippen molar-refractivity contribution in [1.82, 2.24) is 4.90 Å². The van der Waals surface area contributed by atoms with Gasteiger partial charge in [-0.1, -0.05) is 19.3 Å². The van der Waals surface area contributed by atoms with Gasteiger partial charge < -0.3 is 19.5 Å². The quantitative estimate of drug-likeness (QED) is 0.720. The highest BCUT2D eigenvalue weighted by Crippen LogP contribution is 2.21. The molecule has 108 valence electrons. The first-order valence-corrected chi connectivity index (χ1v) is 7.12. The third-order valence-corrected chi connectivity index (χ3v) is 3.67. The highest BCUT2D eigenvalue weighted by Gasteiger charge is 2.20. The Kier molecular flexibility index (Phi) is 7.82. The van der Waals surface area contributed by atoms with E-state index in [9.17, 15) is 5.11 Å². The summed E-state index contributed by atoms with van der Waals surface area (Å²) in [4.78, 5) is 2.29. The minimum Gasteiger partial charge on any atom is -0.389 e. The van der Waals surface area contributed by atoms with Gasteiger partial charge in [-0.2, -0.15) is 0 Å². The van der Waals surface area contributed by atoms with Gasteiger partial charge in [0.1, 0.15) is 0 Å². The van der Waals surface area contributed by atoms with Crippen LogP contribution in [0.25, 0.3) is 0 Å². The molecule has 0 aromatic carbocycles. The van der Waals surface area contributed by atoms with Gasteiger partial charge in [-0.25, -0.2) is 0 Å². The molecule has 0 amide bonds. The second-order valence-electron chi connectivity index (χ2n) is 5.48. The van der Waals surface area contributed by atoms with E-state index in [-0.39, 0.29) is 6.10 Å². The highest BCUT2D eigenvalue weighted by molar-refractivity contribution is 4.75. The van der Waals surface area contributed by atoms with Gasteiger partial charge in [0.05, 0.1) is 25.4 Å². The predicted octanol–water partition coefficient (Wildman–Crippen LogP) is 1.66. The van der Waals surface area contributed by atoms with Crippen LogP contribution in [0.5, 0.6) is 0 Å². The maximum Gasteiger partial charge on any atom is 0.0900 e. The van der Waals surface area contributed by atoms with E-state index in [0.29, 0.717) is 25.8 Å². The van der Waals surface area contributed by atoms with E-state index in [1.54, 1.807) is 7.11 Å².